The molecule has 5 heteroatoms. The minimum Gasteiger partial charge on any atom is -0.499 e. The Hall–Kier alpha value is -1.56. The summed E-state index contributed by atoms with van der Waals surface area (Å²) < 4.78 is 16.5. The van der Waals surface area contributed by atoms with Gasteiger partial charge in [0, 0.05) is 26.2 Å². The highest BCUT2D eigenvalue weighted by Gasteiger charge is 2.38. The normalized spacial score (nSPS) is 25.6. The van der Waals surface area contributed by atoms with Crippen LogP contribution in [0.4, 0.5) is 0 Å². The molecular weight excluding hydrogens is 292 g/mol. The predicted octanol–water partition coefficient (Wildman–Crippen LogP) is 2.61. The van der Waals surface area contributed by atoms with Crippen molar-refractivity contribution in [1.82, 2.24) is 10.0 Å². The Kier molecular flexibility index (Phi) is 5.20. The van der Waals surface area contributed by atoms with E-state index in [0.29, 0.717) is 6.04 Å². The minimum atomic E-state index is 0.104. The molecule has 1 saturated heterocycles. The highest BCUT2D eigenvalue weighted by atomic mass is 16.5. The van der Waals surface area contributed by atoms with Gasteiger partial charge in [-0.3, -0.25) is 0 Å². The molecule has 0 unspecified atom stereocenters. The van der Waals surface area contributed by atoms with Gasteiger partial charge >= 0.3 is 0 Å². The molecule has 126 valence electrons. The molecule has 3 rings (SSSR count). The van der Waals surface area contributed by atoms with Gasteiger partial charge in [-0.1, -0.05) is 12.1 Å². The van der Waals surface area contributed by atoms with Crippen LogP contribution < -0.4 is 4.74 Å². The van der Waals surface area contributed by atoms with E-state index in [2.05, 4.69) is 28.2 Å². The van der Waals surface area contributed by atoms with Crippen molar-refractivity contribution in [1.29, 1.82) is 0 Å². The van der Waals surface area contributed by atoms with E-state index in [-0.39, 0.29) is 6.04 Å². The molecule has 1 aromatic carbocycles. The monoisotopic (exact) mass is 318 g/mol. The minimum absolute atomic E-state index is 0.104. The first-order valence-corrected chi connectivity index (χ1v) is 8.18. The van der Waals surface area contributed by atoms with E-state index in [1.54, 1.807) is 21.3 Å². The molecular formula is C18H26N2O3. The Morgan fingerprint density at radius 3 is 2.74 bits per heavy atom. The highest BCUT2D eigenvalue weighted by molar-refractivity contribution is 5.35. The standard InChI is InChI=1S/C18H26N2O3/c1-21-13-15-7-5-10-19(15)20-11-9-17(23-3)18(20)14-6-4-8-16(12-14)22-2/h4,6,8-9,12,15,18H,5,7,10-11,13H2,1-3H3/t15-,18-/m0/s1. The molecule has 23 heavy (non-hydrogen) atoms. The summed E-state index contributed by atoms with van der Waals surface area (Å²) in [5.74, 6) is 1.88. The quantitative estimate of drug-likeness (QED) is 0.805. The van der Waals surface area contributed by atoms with E-state index in [1.165, 1.54) is 18.4 Å². The SMILES string of the molecule is COC[C@@H]1CCCN1N1CC=C(OC)[C@@H]1c1cccc(OC)c1. The number of hydrogen-bond acceptors (Lipinski definition) is 5. The zero-order chi connectivity index (χ0) is 16.2. The van der Waals surface area contributed by atoms with Gasteiger partial charge < -0.3 is 14.2 Å². The van der Waals surface area contributed by atoms with Crippen LogP contribution in [-0.4, -0.2) is 57.1 Å². The van der Waals surface area contributed by atoms with Gasteiger partial charge in [0.1, 0.15) is 17.6 Å². The van der Waals surface area contributed by atoms with Crippen molar-refractivity contribution >= 4 is 0 Å². The van der Waals surface area contributed by atoms with Crippen LogP contribution in [0.3, 0.4) is 0 Å². The molecule has 0 spiro atoms. The summed E-state index contributed by atoms with van der Waals surface area (Å²) in [6.07, 6.45) is 4.56. The molecule has 0 radical (unpaired) electrons. The first-order chi connectivity index (χ1) is 11.3. The van der Waals surface area contributed by atoms with Gasteiger partial charge in [0.2, 0.25) is 0 Å². The summed E-state index contributed by atoms with van der Waals surface area (Å²) in [6, 6.07) is 8.79. The second-order valence-corrected chi connectivity index (χ2v) is 6.03. The molecule has 1 aromatic rings. The number of benzene rings is 1. The molecule has 0 bridgehead atoms. The van der Waals surface area contributed by atoms with E-state index in [1.807, 2.05) is 12.1 Å². The average molecular weight is 318 g/mol. The molecule has 0 aromatic heterocycles. The van der Waals surface area contributed by atoms with E-state index in [0.717, 1.165) is 31.2 Å². The van der Waals surface area contributed by atoms with Gasteiger partial charge in [-0.25, -0.2) is 10.0 Å². The number of methoxy groups -OCH3 is 3. The van der Waals surface area contributed by atoms with Gasteiger partial charge in [0.15, 0.2) is 0 Å². The third-order valence-corrected chi connectivity index (χ3v) is 4.73. The Balaban J connectivity index is 1.88. The van der Waals surface area contributed by atoms with Gasteiger partial charge in [0.25, 0.3) is 0 Å². The Morgan fingerprint density at radius 1 is 1.13 bits per heavy atom. The molecule has 0 amide bonds. The van der Waals surface area contributed by atoms with Crippen LogP contribution in [0.2, 0.25) is 0 Å². The fraction of sp³-hybridized carbons (Fsp3) is 0.556. The smallest absolute Gasteiger partial charge is 0.119 e. The second-order valence-electron chi connectivity index (χ2n) is 6.03. The van der Waals surface area contributed by atoms with Crippen molar-refractivity contribution in [3.8, 4) is 5.75 Å². The van der Waals surface area contributed by atoms with Crippen LogP contribution in [0.5, 0.6) is 5.75 Å². The zero-order valence-corrected chi connectivity index (χ0v) is 14.2. The topological polar surface area (TPSA) is 34.2 Å². The molecule has 2 atom stereocenters. The van der Waals surface area contributed by atoms with Gasteiger partial charge in [-0.2, -0.15) is 0 Å². The van der Waals surface area contributed by atoms with Gasteiger partial charge in [-0.15, -0.1) is 0 Å². The van der Waals surface area contributed by atoms with Crippen molar-refractivity contribution in [2.24, 2.45) is 0 Å². The van der Waals surface area contributed by atoms with Crippen LogP contribution >= 0.6 is 0 Å². The maximum Gasteiger partial charge on any atom is 0.119 e. The first kappa shape index (κ1) is 16.3. The third-order valence-electron chi connectivity index (χ3n) is 4.73. The van der Waals surface area contributed by atoms with E-state index in [4.69, 9.17) is 14.2 Å². The molecule has 0 saturated carbocycles. The van der Waals surface area contributed by atoms with E-state index < -0.39 is 0 Å². The van der Waals surface area contributed by atoms with Crippen molar-refractivity contribution < 1.29 is 14.2 Å². The molecule has 0 N–H and O–H groups in total. The fourth-order valence-electron chi connectivity index (χ4n) is 3.66. The lowest BCUT2D eigenvalue weighted by molar-refractivity contribution is -0.0692. The fourth-order valence-corrected chi connectivity index (χ4v) is 3.66. The molecule has 0 aliphatic carbocycles. The van der Waals surface area contributed by atoms with Crippen molar-refractivity contribution in [2.45, 2.75) is 24.9 Å². The van der Waals surface area contributed by atoms with Crippen LogP contribution in [-0.2, 0) is 9.47 Å². The van der Waals surface area contributed by atoms with E-state index >= 15 is 0 Å². The van der Waals surface area contributed by atoms with Gasteiger partial charge in [0.05, 0.1) is 20.8 Å². The number of hydrazine groups is 1. The zero-order valence-electron chi connectivity index (χ0n) is 14.2. The van der Waals surface area contributed by atoms with Crippen molar-refractivity contribution in [3.05, 3.63) is 41.7 Å². The summed E-state index contributed by atoms with van der Waals surface area (Å²) in [5.41, 5.74) is 1.19. The Labute approximate surface area is 138 Å². The molecule has 5 nitrogen and oxygen atoms in total. The lowest BCUT2D eigenvalue weighted by atomic mass is 10.1. The maximum atomic E-state index is 5.66. The predicted molar refractivity (Wildman–Crippen MR) is 89.1 cm³/mol. The lowest BCUT2D eigenvalue weighted by Crippen LogP contribution is -2.47. The lowest BCUT2D eigenvalue weighted by Gasteiger charge is -2.38. The first-order valence-electron chi connectivity index (χ1n) is 8.18. The van der Waals surface area contributed by atoms with Crippen LogP contribution in [0.25, 0.3) is 0 Å². The van der Waals surface area contributed by atoms with Crippen LogP contribution in [0, 0.1) is 0 Å². The summed E-state index contributed by atoms with van der Waals surface area (Å²) in [5, 5.41) is 4.86. The number of rotatable bonds is 6. The summed E-state index contributed by atoms with van der Waals surface area (Å²) in [4.78, 5) is 0. The van der Waals surface area contributed by atoms with Crippen molar-refractivity contribution in [3.63, 3.8) is 0 Å². The number of hydrogen-bond donors (Lipinski definition) is 0. The Bertz CT molecular complexity index is 561. The highest BCUT2D eigenvalue weighted by Crippen LogP contribution is 2.38. The molecule has 2 aliphatic rings. The van der Waals surface area contributed by atoms with E-state index in [9.17, 15) is 0 Å². The summed E-state index contributed by atoms with van der Waals surface area (Å²) in [6.45, 7) is 2.70. The molecule has 2 heterocycles. The van der Waals surface area contributed by atoms with Crippen LogP contribution in [0.15, 0.2) is 36.1 Å². The van der Waals surface area contributed by atoms with Crippen molar-refractivity contribution in [2.75, 3.05) is 41.0 Å². The average Bonchev–Trinajstić information content (AvgIpc) is 3.21. The van der Waals surface area contributed by atoms with Crippen LogP contribution in [0.1, 0.15) is 24.4 Å². The summed E-state index contributed by atoms with van der Waals surface area (Å²) >= 11 is 0. The Morgan fingerprint density at radius 2 is 2.00 bits per heavy atom. The number of ether oxygens (including phenoxy) is 3. The third kappa shape index (κ3) is 3.22. The maximum absolute atomic E-state index is 5.66. The molecule has 2 aliphatic heterocycles. The number of nitrogens with zero attached hydrogens (tertiary/aromatic N) is 2. The van der Waals surface area contributed by atoms with Gasteiger partial charge in [-0.05, 0) is 36.6 Å². The second kappa shape index (κ2) is 7.34. The summed E-state index contributed by atoms with van der Waals surface area (Å²) in [7, 11) is 5.23. The molecule has 1 fully saturated rings. The largest absolute Gasteiger partial charge is 0.499 e.